The number of carbonyl (C=O) groups excluding carboxylic acids is 1. The maximum Gasteiger partial charge on any atom is 0.338 e. The van der Waals surface area contributed by atoms with Crippen LogP contribution < -0.4 is 14.8 Å². The van der Waals surface area contributed by atoms with Crippen molar-refractivity contribution < 1.29 is 32.9 Å². The Morgan fingerprint density at radius 1 is 1.00 bits per heavy atom. The monoisotopic (exact) mass is 514 g/mol. The van der Waals surface area contributed by atoms with Crippen LogP contribution in [0, 0.1) is 0 Å². The standard InChI is InChI=1S/C26H30N2O7S/c1-3-34-26(31)20-6-4-18(5-7-20)19-8-11-22(12-9-19)35-15-14-27-17-25(30)21-10-13-24(29)23(16-21)28-36(2,32)33/h4-13,16,25,27-30H,3,14-15,17H2,1-2H3/t25-/m0/s1. The first-order valence-electron chi connectivity index (χ1n) is 11.4. The summed E-state index contributed by atoms with van der Waals surface area (Å²) in [6.45, 7) is 3.17. The first-order chi connectivity index (χ1) is 17.2. The van der Waals surface area contributed by atoms with Crippen LogP contribution in [0.1, 0.15) is 28.9 Å². The highest BCUT2D eigenvalue weighted by Crippen LogP contribution is 2.28. The Labute approximate surface area is 210 Å². The van der Waals surface area contributed by atoms with Gasteiger partial charge in [-0.25, -0.2) is 13.2 Å². The lowest BCUT2D eigenvalue weighted by atomic mass is 10.0. The fourth-order valence-electron chi connectivity index (χ4n) is 3.40. The molecule has 0 aromatic heterocycles. The number of phenols is 1. The zero-order chi connectivity index (χ0) is 26.1. The summed E-state index contributed by atoms with van der Waals surface area (Å²) < 4.78 is 35.8. The molecule has 0 fully saturated rings. The average molecular weight is 515 g/mol. The topological polar surface area (TPSA) is 134 Å². The number of carbonyl (C=O) groups is 1. The molecule has 192 valence electrons. The van der Waals surface area contributed by atoms with E-state index in [4.69, 9.17) is 9.47 Å². The second kappa shape index (κ2) is 12.4. The van der Waals surface area contributed by atoms with Gasteiger partial charge in [-0.3, -0.25) is 4.72 Å². The van der Waals surface area contributed by atoms with Gasteiger partial charge in [0.1, 0.15) is 18.1 Å². The summed E-state index contributed by atoms with van der Waals surface area (Å²) in [5.74, 6) is 0.127. The number of benzene rings is 3. The van der Waals surface area contributed by atoms with Crippen LogP contribution in [-0.4, -0.2) is 57.2 Å². The summed E-state index contributed by atoms with van der Waals surface area (Å²) in [6, 6.07) is 19.0. The molecule has 0 heterocycles. The molecule has 0 saturated carbocycles. The Kier molecular flexibility index (Phi) is 9.29. The van der Waals surface area contributed by atoms with Crippen molar-refractivity contribution in [2.24, 2.45) is 0 Å². The average Bonchev–Trinajstić information content (AvgIpc) is 2.85. The molecule has 1 atom stereocenters. The van der Waals surface area contributed by atoms with Crippen LogP contribution in [0.25, 0.3) is 11.1 Å². The summed E-state index contributed by atoms with van der Waals surface area (Å²) in [4.78, 5) is 11.8. The van der Waals surface area contributed by atoms with Gasteiger partial charge in [0.05, 0.1) is 30.2 Å². The van der Waals surface area contributed by atoms with E-state index in [1.165, 1.54) is 18.2 Å². The van der Waals surface area contributed by atoms with Crippen LogP contribution >= 0.6 is 0 Å². The Balaban J connectivity index is 1.44. The molecular formula is C26H30N2O7S. The molecule has 0 spiro atoms. The molecule has 0 amide bonds. The predicted octanol–water partition coefficient (Wildman–Crippen LogP) is 3.31. The van der Waals surface area contributed by atoms with Gasteiger partial charge in [0.15, 0.2) is 0 Å². The molecule has 0 unspecified atom stereocenters. The fraction of sp³-hybridized carbons (Fsp3) is 0.269. The van der Waals surface area contributed by atoms with Crippen molar-refractivity contribution in [2.45, 2.75) is 13.0 Å². The Morgan fingerprint density at radius 3 is 2.25 bits per heavy atom. The normalized spacial score (nSPS) is 12.1. The summed E-state index contributed by atoms with van der Waals surface area (Å²) >= 11 is 0. The molecule has 0 aliphatic rings. The van der Waals surface area contributed by atoms with Gasteiger partial charge in [-0.1, -0.05) is 30.3 Å². The molecule has 0 aliphatic carbocycles. The maximum absolute atomic E-state index is 11.8. The number of hydrogen-bond donors (Lipinski definition) is 4. The summed E-state index contributed by atoms with van der Waals surface area (Å²) in [5, 5.41) is 23.3. The number of aliphatic hydroxyl groups excluding tert-OH is 1. The first kappa shape index (κ1) is 27.0. The van der Waals surface area contributed by atoms with Gasteiger partial charge >= 0.3 is 5.97 Å². The summed E-state index contributed by atoms with van der Waals surface area (Å²) in [5.41, 5.74) is 2.93. The molecule has 0 aliphatic heterocycles. The third-order valence-corrected chi connectivity index (χ3v) is 5.76. The lowest BCUT2D eigenvalue weighted by Gasteiger charge is -2.15. The van der Waals surface area contributed by atoms with Crippen molar-refractivity contribution in [2.75, 3.05) is 37.3 Å². The van der Waals surface area contributed by atoms with Gasteiger partial charge in [-0.2, -0.15) is 0 Å². The zero-order valence-corrected chi connectivity index (χ0v) is 20.9. The predicted molar refractivity (Wildman–Crippen MR) is 138 cm³/mol. The number of hydrogen-bond acceptors (Lipinski definition) is 8. The van der Waals surface area contributed by atoms with Crippen LogP contribution in [-0.2, 0) is 14.8 Å². The third kappa shape index (κ3) is 7.98. The highest BCUT2D eigenvalue weighted by Gasteiger charge is 2.13. The van der Waals surface area contributed by atoms with E-state index in [0.717, 1.165) is 17.4 Å². The largest absolute Gasteiger partial charge is 0.506 e. The van der Waals surface area contributed by atoms with Crippen LogP contribution in [0.2, 0.25) is 0 Å². The molecule has 0 saturated heterocycles. The fourth-order valence-corrected chi connectivity index (χ4v) is 3.96. The number of phenolic OH excluding ortho intramolecular Hbond substituents is 1. The number of ether oxygens (including phenoxy) is 2. The second-order valence-electron chi connectivity index (χ2n) is 8.04. The number of anilines is 1. The molecule has 4 N–H and O–H groups in total. The van der Waals surface area contributed by atoms with Crippen molar-refractivity contribution >= 4 is 21.7 Å². The van der Waals surface area contributed by atoms with Gasteiger partial charge in [0, 0.05) is 13.1 Å². The maximum atomic E-state index is 11.8. The Morgan fingerprint density at radius 2 is 1.64 bits per heavy atom. The molecule has 3 aromatic carbocycles. The van der Waals surface area contributed by atoms with Gasteiger partial charge in [0.25, 0.3) is 0 Å². The molecular weight excluding hydrogens is 484 g/mol. The molecule has 0 radical (unpaired) electrons. The minimum Gasteiger partial charge on any atom is -0.506 e. The second-order valence-corrected chi connectivity index (χ2v) is 9.79. The van der Waals surface area contributed by atoms with Gasteiger partial charge in [-0.15, -0.1) is 0 Å². The molecule has 36 heavy (non-hydrogen) atoms. The minimum absolute atomic E-state index is 0.00997. The smallest absolute Gasteiger partial charge is 0.338 e. The lowest BCUT2D eigenvalue weighted by molar-refractivity contribution is 0.0526. The van der Waals surface area contributed by atoms with Crippen molar-refractivity contribution in [3.63, 3.8) is 0 Å². The number of rotatable bonds is 12. The molecule has 0 bridgehead atoms. The first-order valence-corrected chi connectivity index (χ1v) is 13.3. The van der Waals surface area contributed by atoms with E-state index in [2.05, 4.69) is 10.0 Å². The van der Waals surface area contributed by atoms with Crippen LogP contribution in [0.15, 0.2) is 66.7 Å². The number of esters is 1. The van der Waals surface area contributed by atoms with E-state index >= 15 is 0 Å². The van der Waals surface area contributed by atoms with E-state index in [-0.39, 0.29) is 24.0 Å². The number of sulfonamides is 1. The van der Waals surface area contributed by atoms with E-state index in [1.54, 1.807) is 19.1 Å². The summed E-state index contributed by atoms with van der Waals surface area (Å²) in [7, 11) is -3.56. The molecule has 10 heteroatoms. The highest BCUT2D eigenvalue weighted by atomic mass is 32.2. The Bertz CT molecular complexity index is 1260. The van der Waals surface area contributed by atoms with Gasteiger partial charge in [0.2, 0.25) is 10.0 Å². The van der Waals surface area contributed by atoms with E-state index in [9.17, 15) is 23.4 Å². The van der Waals surface area contributed by atoms with Crippen molar-refractivity contribution in [1.29, 1.82) is 0 Å². The number of aromatic hydroxyl groups is 1. The third-order valence-electron chi connectivity index (χ3n) is 5.17. The van der Waals surface area contributed by atoms with Crippen LogP contribution in [0.3, 0.4) is 0 Å². The van der Waals surface area contributed by atoms with E-state index in [1.807, 2.05) is 36.4 Å². The van der Waals surface area contributed by atoms with Crippen LogP contribution in [0.4, 0.5) is 5.69 Å². The number of nitrogens with one attached hydrogen (secondary N) is 2. The summed E-state index contributed by atoms with van der Waals surface area (Å²) in [6.07, 6.45) is 0.0789. The van der Waals surface area contributed by atoms with Gasteiger partial charge in [-0.05, 0) is 60.0 Å². The van der Waals surface area contributed by atoms with E-state index < -0.39 is 16.1 Å². The molecule has 9 nitrogen and oxygen atoms in total. The Hall–Kier alpha value is -3.60. The molecule has 3 rings (SSSR count). The van der Waals surface area contributed by atoms with E-state index in [0.29, 0.717) is 36.6 Å². The van der Waals surface area contributed by atoms with Gasteiger partial charge < -0.3 is 25.0 Å². The van der Waals surface area contributed by atoms with Crippen LogP contribution in [0.5, 0.6) is 11.5 Å². The van der Waals surface area contributed by atoms with Crippen molar-refractivity contribution in [1.82, 2.24) is 5.32 Å². The van der Waals surface area contributed by atoms with Crippen molar-refractivity contribution in [3.05, 3.63) is 77.9 Å². The highest BCUT2D eigenvalue weighted by molar-refractivity contribution is 7.92. The lowest BCUT2D eigenvalue weighted by Crippen LogP contribution is -2.26. The molecule has 3 aromatic rings. The zero-order valence-electron chi connectivity index (χ0n) is 20.1. The number of aliphatic hydroxyl groups is 1. The minimum atomic E-state index is -3.56. The van der Waals surface area contributed by atoms with Crippen molar-refractivity contribution in [3.8, 4) is 22.6 Å². The quantitative estimate of drug-likeness (QED) is 0.164. The SMILES string of the molecule is CCOC(=O)c1ccc(-c2ccc(OCCNC[C@H](O)c3ccc(O)c(NS(C)(=O)=O)c3)cc2)cc1.